The van der Waals surface area contributed by atoms with Crippen molar-refractivity contribution in [3.05, 3.63) is 65.7 Å². The molecule has 0 aromatic heterocycles. The molecule has 3 rings (SSSR count). The lowest BCUT2D eigenvalue weighted by Gasteiger charge is -2.23. The van der Waals surface area contributed by atoms with Gasteiger partial charge in [0.1, 0.15) is 0 Å². The van der Waals surface area contributed by atoms with Crippen LogP contribution in [0.25, 0.3) is 0 Å². The minimum Gasteiger partial charge on any atom is -0.324 e. The van der Waals surface area contributed by atoms with E-state index >= 15 is 0 Å². The molecule has 130 valence electrons. The monoisotopic (exact) mass is 336 g/mol. The van der Waals surface area contributed by atoms with Crippen LogP contribution in [0.5, 0.6) is 0 Å². The molecular weight excluding hydrogens is 312 g/mol. The third-order valence-electron chi connectivity index (χ3n) is 4.64. The van der Waals surface area contributed by atoms with Crippen LogP contribution in [0.15, 0.2) is 54.6 Å². The summed E-state index contributed by atoms with van der Waals surface area (Å²) in [5, 5.41) is 6.35. The normalized spacial score (nSPS) is 16.1. The smallest absolute Gasteiger partial charge is 0.241 e. The highest BCUT2D eigenvalue weighted by Gasteiger charge is 2.34. The fourth-order valence-corrected chi connectivity index (χ4v) is 3.08. The van der Waals surface area contributed by atoms with Crippen molar-refractivity contribution in [2.75, 3.05) is 5.32 Å². The van der Waals surface area contributed by atoms with E-state index in [1.807, 2.05) is 31.2 Å². The molecule has 2 aromatic carbocycles. The van der Waals surface area contributed by atoms with Crippen molar-refractivity contribution in [3.63, 3.8) is 0 Å². The highest BCUT2D eigenvalue weighted by molar-refractivity contribution is 6.04. The Morgan fingerprint density at radius 1 is 1.00 bits per heavy atom. The van der Waals surface area contributed by atoms with E-state index in [0.717, 1.165) is 0 Å². The fourth-order valence-electron chi connectivity index (χ4n) is 3.08. The predicted octanol–water partition coefficient (Wildman–Crippen LogP) is 3.96. The Bertz CT molecular complexity index is 754. The van der Waals surface area contributed by atoms with Gasteiger partial charge in [0.15, 0.2) is 5.78 Å². The number of anilines is 1. The highest BCUT2D eigenvalue weighted by Crippen LogP contribution is 2.41. The van der Waals surface area contributed by atoms with Crippen LogP contribution in [0, 0.1) is 5.92 Å². The average molecular weight is 336 g/mol. The number of amides is 1. The third-order valence-corrected chi connectivity index (χ3v) is 4.64. The summed E-state index contributed by atoms with van der Waals surface area (Å²) in [6.07, 6.45) is 2.38. The van der Waals surface area contributed by atoms with Gasteiger partial charge in [-0.15, -0.1) is 0 Å². The molecule has 0 bridgehead atoms. The summed E-state index contributed by atoms with van der Waals surface area (Å²) in [6, 6.07) is 17.2. The van der Waals surface area contributed by atoms with Crippen LogP contribution in [0.2, 0.25) is 0 Å². The topological polar surface area (TPSA) is 58.2 Å². The van der Waals surface area contributed by atoms with E-state index in [1.165, 1.54) is 25.3 Å². The summed E-state index contributed by atoms with van der Waals surface area (Å²) in [5.74, 6) is 0.397. The van der Waals surface area contributed by atoms with Crippen LogP contribution < -0.4 is 10.6 Å². The van der Waals surface area contributed by atoms with Crippen LogP contribution in [0.4, 0.5) is 5.69 Å². The molecule has 0 saturated heterocycles. The maximum atomic E-state index is 12.6. The number of carbonyl (C=O) groups is 2. The van der Waals surface area contributed by atoms with Gasteiger partial charge < -0.3 is 5.32 Å². The number of carbonyl (C=O) groups excluding carboxylic acids is 2. The molecule has 1 fully saturated rings. The summed E-state index contributed by atoms with van der Waals surface area (Å²) in [6.45, 7) is 3.37. The number of benzene rings is 2. The maximum Gasteiger partial charge on any atom is 0.241 e. The van der Waals surface area contributed by atoms with Crippen LogP contribution in [0.3, 0.4) is 0 Å². The lowest BCUT2D eigenvalue weighted by molar-refractivity contribution is -0.118. The van der Waals surface area contributed by atoms with Gasteiger partial charge in [0, 0.05) is 11.6 Å². The number of para-hydroxylation sites is 1. The van der Waals surface area contributed by atoms with Gasteiger partial charge in [-0.1, -0.05) is 42.5 Å². The standard InChI is InChI=1S/C21H24N2O2/c1-14(21(25)23-19-11-7-6-10-18(19)15(2)24)22-20(17-12-13-17)16-8-4-3-5-9-16/h3-11,14,17,20,22H,12-13H2,1-2H3,(H,23,25)/t14-,20+/m0/s1. The van der Waals surface area contributed by atoms with Crippen molar-refractivity contribution in [1.82, 2.24) is 5.32 Å². The Morgan fingerprint density at radius 3 is 2.28 bits per heavy atom. The molecule has 0 heterocycles. The van der Waals surface area contributed by atoms with Crippen molar-refractivity contribution in [2.24, 2.45) is 5.92 Å². The molecule has 25 heavy (non-hydrogen) atoms. The van der Waals surface area contributed by atoms with Gasteiger partial charge in [-0.3, -0.25) is 14.9 Å². The first-order valence-corrected chi connectivity index (χ1v) is 8.78. The summed E-state index contributed by atoms with van der Waals surface area (Å²) < 4.78 is 0. The zero-order chi connectivity index (χ0) is 17.8. The van der Waals surface area contributed by atoms with E-state index in [2.05, 4.69) is 22.8 Å². The Labute approximate surface area is 148 Å². The molecule has 0 spiro atoms. The van der Waals surface area contributed by atoms with Crippen molar-refractivity contribution in [2.45, 2.75) is 38.8 Å². The molecule has 1 aliphatic rings. The lowest BCUT2D eigenvalue weighted by atomic mass is 10.0. The molecule has 0 radical (unpaired) electrons. The largest absolute Gasteiger partial charge is 0.324 e. The first kappa shape index (κ1) is 17.4. The molecule has 4 heteroatoms. The minimum atomic E-state index is -0.356. The van der Waals surface area contributed by atoms with E-state index in [9.17, 15) is 9.59 Å². The molecule has 1 amide bonds. The molecule has 0 unspecified atom stereocenters. The maximum absolute atomic E-state index is 12.6. The first-order chi connectivity index (χ1) is 12.1. The highest BCUT2D eigenvalue weighted by atomic mass is 16.2. The molecule has 1 aliphatic carbocycles. The molecule has 4 nitrogen and oxygen atoms in total. The Kier molecular flexibility index (Phi) is 5.29. The number of hydrogen-bond acceptors (Lipinski definition) is 3. The molecule has 0 aliphatic heterocycles. The summed E-state index contributed by atoms with van der Waals surface area (Å²) in [5.41, 5.74) is 2.31. The number of Topliss-reactive ketones (excluding diaryl/α,β-unsaturated/α-hetero) is 1. The van der Waals surface area contributed by atoms with Crippen LogP contribution in [-0.2, 0) is 4.79 Å². The van der Waals surface area contributed by atoms with Crippen LogP contribution in [0.1, 0.15) is 48.7 Å². The van der Waals surface area contributed by atoms with E-state index in [1.54, 1.807) is 18.2 Å². The molecular formula is C21H24N2O2. The van der Waals surface area contributed by atoms with Crippen LogP contribution in [-0.4, -0.2) is 17.7 Å². The van der Waals surface area contributed by atoms with E-state index < -0.39 is 0 Å². The minimum absolute atomic E-state index is 0.0587. The van der Waals surface area contributed by atoms with Crippen molar-refractivity contribution in [1.29, 1.82) is 0 Å². The summed E-state index contributed by atoms with van der Waals surface area (Å²) in [7, 11) is 0. The number of rotatable bonds is 7. The van der Waals surface area contributed by atoms with E-state index in [-0.39, 0.29) is 23.8 Å². The van der Waals surface area contributed by atoms with Crippen molar-refractivity contribution < 1.29 is 9.59 Å². The number of hydrogen-bond donors (Lipinski definition) is 2. The van der Waals surface area contributed by atoms with Gasteiger partial charge in [0.25, 0.3) is 0 Å². The van der Waals surface area contributed by atoms with Gasteiger partial charge in [-0.2, -0.15) is 0 Å². The average Bonchev–Trinajstić information content (AvgIpc) is 3.45. The number of nitrogens with one attached hydrogen (secondary N) is 2. The quantitative estimate of drug-likeness (QED) is 0.753. The number of ketones is 1. The first-order valence-electron chi connectivity index (χ1n) is 8.78. The molecule has 2 aromatic rings. The SMILES string of the molecule is CC(=O)c1ccccc1NC(=O)[C@H](C)N[C@H](c1ccccc1)C1CC1. The van der Waals surface area contributed by atoms with E-state index in [0.29, 0.717) is 17.2 Å². The van der Waals surface area contributed by atoms with Gasteiger partial charge >= 0.3 is 0 Å². The lowest BCUT2D eigenvalue weighted by Crippen LogP contribution is -2.41. The van der Waals surface area contributed by atoms with E-state index in [4.69, 9.17) is 0 Å². The second-order valence-corrected chi connectivity index (χ2v) is 6.71. The Hall–Kier alpha value is -2.46. The predicted molar refractivity (Wildman–Crippen MR) is 99.6 cm³/mol. The molecule has 2 atom stereocenters. The fraction of sp³-hybridized carbons (Fsp3) is 0.333. The summed E-state index contributed by atoms with van der Waals surface area (Å²) in [4.78, 5) is 24.3. The second-order valence-electron chi connectivity index (χ2n) is 6.71. The Balaban J connectivity index is 1.69. The zero-order valence-corrected chi connectivity index (χ0v) is 14.7. The molecule has 1 saturated carbocycles. The van der Waals surface area contributed by atoms with Crippen molar-refractivity contribution >= 4 is 17.4 Å². The van der Waals surface area contributed by atoms with Gasteiger partial charge in [0.2, 0.25) is 5.91 Å². The zero-order valence-electron chi connectivity index (χ0n) is 14.7. The van der Waals surface area contributed by atoms with Crippen molar-refractivity contribution in [3.8, 4) is 0 Å². The van der Waals surface area contributed by atoms with Gasteiger partial charge in [-0.25, -0.2) is 0 Å². The van der Waals surface area contributed by atoms with Gasteiger partial charge in [0.05, 0.1) is 11.7 Å². The van der Waals surface area contributed by atoms with Crippen LogP contribution >= 0.6 is 0 Å². The second kappa shape index (κ2) is 7.62. The Morgan fingerprint density at radius 2 is 1.64 bits per heavy atom. The van der Waals surface area contributed by atoms with Gasteiger partial charge in [-0.05, 0) is 50.3 Å². The molecule has 2 N–H and O–H groups in total. The summed E-state index contributed by atoms with van der Waals surface area (Å²) >= 11 is 0. The third kappa shape index (κ3) is 4.34.